The van der Waals surface area contributed by atoms with Crippen molar-refractivity contribution in [3.05, 3.63) is 39.9 Å². The van der Waals surface area contributed by atoms with Crippen LogP contribution in [0.25, 0.3) is 0 Å². The summed E-state index contributed by atoms with van der Waals surface area (Å²) in [6.45, 7) is 1.07. The van der Waals surface area contributed by atoms with Crippen LogP contribution in [0.3, 0.4) is 0 Å². The van der Waals surface area contributed by atoms with E-state index in [0.717, 1.165) is 0 Å². The van der Waals surface area contributed by atoms with E-state index in [9.17, 15) is 20.0 Å². The van der Waals surface area contributed by atoms with Crippen LogP contribution in [-0.4, -0.2) is 41.3 Å². The summed E-state index contributed by atoms with van der Waals surface area (Å²) in [5.74, 6) is -0.343. The smallest absolute Gasteiger partial charge is 0.273 e. The first kappa shape index (κ1) is 15.4. The molecule has 0 bridgehead atoms. The summed E-state index contributed by atoms with van der Waals surface area (Å²) < 4.78 is 5.16. The van der Waals surface area contributed by atoms with Gasteiger partial charge in [0.25, 0.3) is 5.69 Å². The SMILES string of the molecule is O=C(Cc1ccccc1[N+](=O)[O-])NCC1(O)CCOCC1. The lowest BCUT2D eigenvalue weighted by molar-refractivity contribution is -0.385. The average molecular weight is 294 g/mol. The van der Waals surface area contributed by atoms with Crippen LogP contribution in [0, 0.1) is 10.1 Å². The number of benzene rings is 1. The number of amides is 1. The fourth-order valence-corrected chi connectivity index (χ4v) is 2.27. The highest BCUT2D eigenvalue weighted by Gasteiger charge is 2.30. The first-order chi connectivity index (χ1) is 10.0. The Morgan fingerprint density at radius 3 is 2.71 bits per heavy atom. The van der Waals surface area contributed by atoms with Gasteiger partial charge in [-0.25, -0.2) is 0 Å². The fourth-order valence-electron chi connectivity index (χ4n) is 2.27. The van der Waals surface area contributed by atoms with E-state index in [1.54, 1.807) is 18.2 Å². The third-order valence-electron chi connectivity index (χ3n) is 3.58. The van der Waals surface area contributed by atoms with Crippen molar-refractivity contribution in [2.75, 3.05) is 19.8 Å². The van der Waals surface area contributed by atoms with Gasteiger partial charge in [-0.1, -0.05) is 18.2 Å². The number of nitro groups is 1. The topological polar surface area (TPSA) is 102 Å². The van der Waals surface area contributed by atoms with Crippen molar-refractivity contribution in [3.8, 4) is 0 Å². The molecule has 0 saturated carbocycles. The molecule has 1 fully saturated rings. The van der Waals surface area contributed by atoms with Gasteiger partial charge in [0.05, 0.1) is 16.9 Å². The predicted molar refractivity (Wildman–Crippen MR) is 74.8 cm³/mol. The number of hydrogen-bond acceptors (Lipinski definition) is 5. The zero-order chi connectivity index (χ0) is 15.3. The van der Waals surface area contributed by atoms with Gasteiger partial charge in [0.1, 0.15) is 0 Å². The van der Waals surface area contributed by atoms with Crippen LogP contribution in [0.2, 0.25) is 0 Å². The maximum atomic E-state index is 11.9. The second-order valence-electron chi connectivity index (χ2n) is 5.18. The van der Waals surface area contributed by atoms with E-state index in [0.29, 0.717) is 31.6 Å². The molecule has 1 amide bonds. The molecule has 1 saturated heterocycles. The van der Waals surface area contributed by atoms with Crippen LogP contribution >= 0.6 is 0 Å². The minimum absolute atomic E-state index is 0.0718. The van der Waals surface area contributed by atoms with Crippen LogP contribution in [-0.2, 0) is 16.0 Å². The summed E-state index contributed by atoms with van der Waals surface area (Å²) >= 11 is 0. The normalized spacial score (nSPS) is 17.2. The molecule has 2 N–H and O–H groups in total. The van der Waals surface area contributed by atoms with Crippen molar-refractivity contribution in [1.82, 2.24) is 5.32 Å². The van der Waals surface area contributed by atoms with Crippen molar-refractivity contribution >= 4 is 11.6 Å². The third-order valence-corrected chi connectivity index (χ3v) is 3.58. The minimum atomic E-state index is -0.948. The molecule has 1 aliphatic rings. The second-order valence-corrected chi connectivity index (χ2v) is 5.18. The molecular formula is C14H18N2O5. The van der Waals surface area contributed by atoms with Gasteiger partial charge in [-0.15, -0.1) is 0 Å². The number of ether oxygens (including phenoxy) is 1. The van der Waals surface area contributed by atoms with Crippen LogP contribution < -0.4 is 5.32 Å². The van der Waals surface area contributed by atoms with E-state index in [2.05, 4.69) is 5.32 Å². The van der Waals surface area contributed by atoms with Crippen LogP contribution in [0.4, 0.5) is 5.69 Å². The van der Waals surface area contributed by atoms with Crippen molar-refractivity contribution in [3.63, 3.8) is 0 Å². The number of hydrogen-bond donors (Lipinski definition) is 2. The highest BCUT2D eigenvalue weighted by Crippen LogP contribution is 2.20. The van der Waals surface area contributed by atoms with Gasteiger partial charge < -0.3 is 15.2 Å². The maximum absolute atomic E-state index is 11.9. The van der Waals surface area contributed by atoms with Gasteiger partial charge in [0, 0.05) is 44.2 Å². The number of rotatable bonds is 5. The standard InChI is InChI=1S/C14H18N2O5/c17-13(15-10-14(18)5-7-21-8-6-14)9-11-3-1-2-4-12(11)16(19)20/h1-4,18H,5-10H2,(H,15,17). The predicted octanol–water partition coefficient (Wildman–Crippen LogP) is 0.795. The summed E-state index contributed by atoms with van der Waals surface area (Å²) in [7, 11) is 0. The molecule has 0 aliphatic carbocycles. The molecule has 7 heteroatoms. The quantitative estimate of drug-likeness (QED) is 0.617. The first-order valence-corrected chi connectivity index (χ1v) is 6.79. The summed E-state index contributed by atoms with van der Waals surface area (Å²) in [5.41, 5.74) is -0.660. The minimum Gasteiger partial charge on any atom is -0.388 e. The molecular weight excluding hydrogens is 276 g/mol. The Hall–Kier alpha value is -1.99. The Morgan fingerprint density at radius 1 is 1.38 bits per heavy atom. The number of carbonyl (C=O) groups is 1. The molecule has 0 unspecified atom stereocenters. The lowest BCUT2D eigenvalue weighted by Gasteiger charge is -2.32. The molecule has 1 aliphatic heterocycles. The number of nitro benzene ring substituents is 1. The Morgan fingerprint density at radius 2 is 2.05 bits per heavy atom. The van der Waals surface area contributed by atoms with Gasteiger partial charge >= 0.3 is 0 Å². The van der Waals surface area contributed by atoms with E-state index in [4.69, 9.17) is 4.74 Å². The first-order valence-electron chi connectivity index (χ1n) is 6.79. The van der Waals surface area contributed by atoms with Crippen LogP contribution in [0.15, 0.2) is 24.3 Å². The van der Waals surface area contributed by atoms with Gasteiger partial charge in [-0.3, -0.25) is 14.9 Å². The Labute approximate surface area is 122 Å². The summed E-state index contributed by atoms with van der Waals surface area (Å²) in [6, 6.07) is 6.14. The number of nitrogens with zero attached hydrogens (tertiary/aromatic N) is 1. The second kappa shape index (κ2) is 6.64. The molecule has 1 aromatic rings. The number of nitrogens with one attached hydrogen (secondary N) is 1. The van der Waals surface area contributed by atoms with Crippen molar-refractivity contribution < 1.29 is 19.6 Å². The number of aliphatic hydroxyl groups is 1. The van der Waals surface area contributed by atoms with Gasteiger partial charge in [0.15, 0.2) is 0 Å². The van der Waals surface area contributed by atoms with Crippen molar-refractivity contribution in [2.45, 2.75) is 24.9 Å². The fraction of sp³-hybridized carbons (Fsp3) is 0.500. The molecule has 1 heterocycles. The van der Waals surface area contributed by atoms with E-state index < -0.39 is 10.5 Å². The van der Waals surface area contributed by atoms with E-state index >= 15 is 0 Å². The van der Waals surface area contributed by atoms with Crippen molar-refractivity contribution in [2.24, 2.45) is 0 Å². The van der Waals surface area contributed by atoms with E-state index in [-0.39, 0.29) is 24.6 Å². The van der Waals surface area contributed by atoms with Crippen molar-refractivity contribution in [1.29, 1.82) is 0 Å². The monoisotopic (exact) mass is 294 g/mol. The molecule has 21 heavy (non-hydrogen) atoms. The molecule has 0 radical (unpaired) electrons. The third kappa shape index (κ3) is 4.24. The van der Waals surface area contributed by atoms with E-state index in [1.807, 2.05) is 0 Å². The lowest BCUT2D eigenvalue weighted by Crippen LogP contribution is -2.46. The Kier molecular flexibility index (Phi) is 4.87. The summed E-state index contributed by atoms with van der Waals surface area (Å²) in [5, 5.41) is 23.7. The molecule has 0 atom stereocenters. The van der Waals surface area contributed by atoms with Crippen LogP contribution in [0.5, 0.6) is 0 Å². The summed E-state index contributed by atoms with van der Waals surface area (Å²) in [4.78, 5) is 22.3. The molecule has 1 aromatic carbocycles. The highest BCUT2D eigenvalue weighted by molar-refractivity contribution is 5.79. The molecule has 7 nitrogen and oxygen atoms in total. The van der Waals surface area contributed by atoms with Gasteiger partial charge in [0.2, 0.25) is 5.91 Å². The lowest BCUT2D eigenvalue weighted by atomic mass is 9.94. The van der Waals surface area contributed by atoms with Crippen LogP contribution in [0.1, 0.15) is 18.4 Å². The molecule has 0 spiro atoms. The molecule has 114 valence electrons. The number of carbonyl (C=O) groups excluding carboxylic acids is 1. The number of para-hydroxylation sites is 1. The zero-order valence-corrected chi connectivity index (χ0v) is 11.6. The summed E-state index contributed by atoms with van der Waals surface area (Å²) in [6.07, 6.45) is 0.862. The molecule has 0 aromatic heterocycles. The van der Waals surface area contributed by atoms with E-state index in [1.165, 1.54) is 6.07 Å². The Bertz CT molecular complexity index is 526. The molecule has 2 rings (SSSR count). The largest absolute Gasteiger partial charge is 0.388 e. The maximum Gasteiger partial charge on any atom is 0.273 e. The van der Waals surface area contributed by atoms with Gasteiger partial charge in [-0.05, 0) is 0 Å². The average Bonchev–Trinajstić information content (AvgIpc) is 2.46. The highest BCUT2D eigenvalue weighted by atomic mass is 16.6. The Balaban J connectivity index is 1.91. The zero-order valence-electron chi connectivity index (χ0n) is 11.6. The van der Waals surface area contributed by atoms with Gasteiger partial charge in [-0.2, -0.15) is 0 Å².